The molecule has 0 amide bonds. The molecular formula is C9H15N3. The lowest BCUT2D eigenvalue weighted by atomic mass is 10.1. The molecule has 3 nitrogen and oxygen atoms in total. The molecule has 0 saturated carbocycles. The lowest BCUT2D eigenvalue weighted by molar-refractivity contribution is 0.545. The number of benzene rings is 1. The molecule has 66 valence electrons. The van der Waals surface area contributed by atoms with Crippen LogP contribution in [0.3, 0.4) is 0 Å². The van der Waals surface area contributed by atoms with Gasteiger partial charge in [0.25, 0.3) is 0 Å². The summed E-state index contributed by atoms with van der Waals surface area (Å²) in [5.74, 6) is 0. The van der Waals surface area contributed by atoms with Crippen LogP contribution in [-0.2, 0) is 6.54 Å². The summed E-state index contributed by atoms with van der Waals surface area (Å²) < 4.78 is 0. The van der Waals surface area contributed by atoms with E-state index in [9.17, 15) is 0 Å². The van der Waals surface area contributed by atoms with Crippen molar-refractivity contribution in [1.82, 2.24) is 5.32 Å². The first-order valence-corrected chi connectivity index (χ1v) is 3.98. The molecule has 0 atom stereocenters. The topological polar surface area (TPSA) is 64.1 Å². The molecule has 1 aromatic rings. The summed E-state index contributed by atoms with van der Waals surface area (Å²) in [6, 6.07) is 8.26. The van der Waals surface area contributed by atoms with Crippen molar-refractivity contribution in [2.75, 3.05) is 0 Å². The van der Waals surface area contributed by atoms with Crippen molar-refractivity contribution in [3.8, 4) is 0 Å². The Labute approximate surface area is 72.8 Å². The van der Waals surface area contributed by atoms with Crippen LogP contribution in [0.15, 0.2) is 24.3 Å². The van der Waals surface area contributed by atoms with E-state index in [-0.39, 0.29) is 0 Å². The normalized spacial score (nSPS) is 10.7. The molecule has 3 heteroatoms. The van der Waals surface area contributed by atoms with E-state index >= 15 is 0 Å². The fraction of sp³-hybridized carbons (Fsp3) is 0.333. The number of aryl methyl sites for hydroxylation is 1. The van der Waals surface area contributed by atoms with Crippen molar-refractivity contribution in [3.63, 3.8) is 0 Å². The summed E-state index contributed by atoms with van der Waals surface area (Å²) in [7, 11) is 0. The standard InChI is InChI=1S/C9H15N3/c1-7-2-4-8(5-3-7)6-12-9(10)11/h2-5,9,12H,6,10-11H2,1H3. The van der Waals surface area contributed by atoms with Gasteiger partial charge in [0.1, 0.15) is 6.29 Å². The highest BCUT2D eigenvalue weighted by Crippen LogP contribution is 2.01. The second-order valence-corrected chi connectivity index (χ2v) is 2.89. The predicted molar refractivity (Wildman–Crippen MR) is 50.2 cm³/mol. The summed E-state index contributed by atoms with van der Waals surface area (Å²) >= 11 is 0. The Bertz CT molecular complexity index is 228. The molecule has 12 heavy (non-hydrogen) atoms. The average molecular weight is 165 g/mol. The summed E-state index contributed by atoms with van der Waals surface area (Å²) in [6.07, 6.45) is -0.439. The summed E-state index contributed by atoms with van der Waals surface area (Å²) in [5, 5.41) is 2.94. The van der Waals surface area contributed by atoms with Crippen LogP contribution in [-0.4, -0.2) is 6.29 Å². The zero-order valence-electron chi connectivity index (χ0n) is 7.25. The average Bonchev–Trinajstić information content (AvgIpc) is 2.03. The van der Waals surface area contributed by atoms with Crippen LogP contribution in [0.2, 0.25) is 0 Å². The van der Waals surface area contributed by atoms with Gasteiger partial charge in [0.05, 0.1) is 0 Å². The molecule has 0 unspecified atom stereocenters. The molecule has 0 aliphatic rings. The van der Waals surface area contributed by atoms with Gasteiger partial charge in [-0.05, 0) is 12.5 Å². The maximum atomic E-state index is 5.34. The highest BCUT2D eigenvalue weighted by atomic mass is 15.1. The van der Waals surface area contributed by atoms with Gasteiger partial charge in [0.2, 0.25) is 0 Å². The van der Waals surface area contributed by atoms with Gasteiger partial charge < -0.3 is 11.5 Å². The molecule has 0 heterocycles. The largest absolute Gasteiger partial charge is 0.304 e. The maximum Gasteiger partial charge on any atom is 0.107 e. The third kappa shape index (κ3) is 3.00. The van der Waals surface area contributed by atoms with Crippen LogP contribution in [0.4, 0.5) is 0 Å². The zero-order chi connectivity index (χ0) is 8.97. The maximum absolute atomic E-state index is 5.34. The first-order chi connectivity index (χ1) is 5.68. The molecule has 1 rings (SSSR count). The Kier molecular flexibility index (Phi) is 3.22. The minimum absolute atomic E-state index is 0.439. The lowest BCUT2D eigenvalue weighted by Crippen LogP contribution is -2.44. The third-order valence-corrected chi connectivity index (χ3v) is 1.66. The molecule has 0 bridgehead atoms. The molecule has 5 N–H and O–H groups in total. The van der Waals surface area contributed by atoms with E-state index in [1.54, 1.807) is 0 Å². The molecule has 0 saturated heterocycles. The Hall–Kier alpha value is -0.900. The predicted octanol–water partition coefficient (Wildman–Crippen LogP) is 0.286. The first kappa shape index (κ1) is 9.19. The van der Waals surface area contributed by atoms with E-state index < -0.39 is 6.29 Å². The summed E-state index contributed by atoms with van der Waals surface area (Å²) in [5.41, 5.74) is 13.1. The fourth-order valence-corrected chi connectivity index (χ4v) is 0.942. The van der Waals surface area contributed by atoms with Gasteiger partial charge >= 0.3 is 0 Å². The number of nitrogens with two attached hydrogens (primary N) is 2. The van der Waals surface area contributed by atoms with E-state index in [1.165, 1.54) is 11.1 Å². The Balaban J connectivity index is 2.48. The zero-order valence-corrected chi connectivity index (χ0v) is 7.25. The first-order valence-electron chi connectivity index (χ1n) is 3.98. The van der Waals surface area contributed by atoms with Crippen LogP contribution in [0.25, 0.3) is 0 Å². The molecule has 0 fully saturated rings. The summed E-state index contributed by atoms with van der Waals surface area (Å²) in [4.78, 5) is 0. The van der Waals surface area contributed by atoms with Crippen molar-refractivity contribution in [1.29, 1.82) is 0 Å². The second kappa shape index (κ2) is 4.21. The van der Waals surface area contributed by atoms with Gasteiger partial charge in [-0.1, -0.05) is 29.8 Å². The summed E-state index contributed by atoms with van der Waals surface area (Å²) in [6.45, 7) is 2.78. The van der Waals surface area contributed by atoms with Crippen molar-refractivity contribution in [2.24, 2.45) is 11.5 Å². The SMILES string of the molecule is Cc1ccc(CNC(N)N)cc1. The van der Waals surface area contributed by atoms with E-state index in [0.29, 0.717) is 0 Å². The molecule has 0 aliphatic heterocycles. The van der Waals surface area contributed by atoms with Crippen LogP contribution in [0.1, 0.15) is 11.1 Å². The number of nitrogens with one attached hydrogen (secondary N) is 1. The van der Waals surface area contributed by atoms with Crippen molar-refractivity contribution in [2.45, 2.75) is 19.8 Å². The molecular weight excluding hydrogens is 150 g/mol. The van der Waals surface area contributed by atoms with Crippen LogP contribution in [0.5, 0.6) is 0 Å². The minimum atomic E-state index is -0.439. The van der Waals surface area contributed by atoms with E-state index in [0.717, 1.165) is 6.54 Å². The molecule has 0 aromatic heterocycles. The van der Waals surface area contributed by atoms with Gasteiger partial charge in [0, 0.05) is 6.54 Å². The van der Waals surface area contributed by atoms with Crippen LogP contribution >= 0.6 is 0 Å². The second-order valence-electron chi connectivity index (χ2n) is 2.89. The fourth-order valence-electron chi connectivity index (χ4n) is 0.942. The van der Waals surface area contributed by atoms with Crippen LogP contribution in [0, 0.1) is 6.92 Å². The van der Waals surface area contributed by atoms with Crippen molar-refractivity contribution < 1.29 is 0 Å². The van der Waals surface area contributed by atoms with Gasteiger partial charge in [-0.15, -0.1) is 0 Å². The van der Waals surface area contributed by atoms with E-state index in [2.05, 4.69) is 36.5 Å². The molecule has 0 spiro atoms. The number of rotatable bonds is 3. The smallest absolute Gasteiger partial charge is 0.107 e. The molecule has 0 radical (unpaired) electrons. The monoisotopic (exact) mass is 165 g/mol. The molecule has 1 aromatic carbocycles. The van der Waals surface area contributed by atoms with Gasteiger partial charge in [-0.2, -0.15) is 0 Å². The van der Waals surface area contributed by atoms with Crippen molar-refractivity contribution >= 4 is 0 Å². The Morgan fingerprint density at radius 3 is 2.33 bits per heavy atom. The quantitative estimate of drug-likeness (QED) is 0.564. The number of hydrogen-bond acceptors (Lipinski definition) is 3. The third-order valence-electron chi connectivity index (χ3n) is 1.66. The Morgan fingerprint density at radius 1 is 1.25 bits per heavy atom. The molecule has 0 aliphatic carbocycles. The van der Waals surface area contributed by atoms with E-state index in [1.807, 2.05) is 0 Å². The van der Waals surface area contributed by atoms with Gasteiger partial charge in [-0.3, -0.25) is 5.32 Å². The highest BCUT2D eigenvalue weighted by Gasteiger charge is 1.93. The van der Waals surface area contributed by atoms with Crippen molar-refractivity contribution in [3.05, 3.63) is 35.4 Å². The van der Waals surface area contributed by atoms with E-state index in [4.69, 9.17) is 11.5 Å². The number of hydrogen-bond donors (Lipinski definition) is 3. The van der Waals surface area contributed by atoms with Crippen LogP contribution < -0.4 is 16.8 Å². The minimum Gasteiger partial charge on any atom is -0.304 e. The van der Waals surface area contributed by atoms with Gasteiger partial charge in [0.15, 0.2) is 0 Å². The Morgan fingerprint density at radius 2 is 1.83 bits per heavy atom. The van der Waals surface area contributed by atoms with Gasteiger partial charge in [-0.25, -0.2) is 0 Å². The highest BCUT2D eigenvalue weighted by molar-refractivity contribution is 5.21. The lowest BCUT2D eigenvalue weighted by Gasteiger charge is -2.07.